The largest absolute Gasteiger partial charge is 0.399 e. The van der Waals surface area contributed by atoms with E-state index in [4.69, 9.17) is 5.73 Å². The summed E-state index contributed by atoms with van der Waals surface area (Å²) in [5.74, 6) is -1.31. The van der Waals surface area contributed by atoms with Gasteiger partial charge in [0.15, 0.2) is 5.41 Å². The molecule has 1 aromatic carbocycles. The fraction of sp³-hybridized carbons (Fsp3) is 0.316. The van der Waals surface area contributed by atoms with Crippen LogP contribution < -0.4 is 5.73 Å². The maximum atomic E-state index is 13.7. The minimum Gasteiger partial charge on any atom is -0.399 e. The molecule has 0 saturated heterocycles. The van der Waals surface area contributed by atoms with Crippen molar-refractivity contribution < 1.29 is 4.39 Å². The second-order valence-electron chi connectivity index (χ2n) is 6.57. The van der Waals surface area contributed by atoms with Crippen molar-refractivity contribution >= 4 is 15.9 Å². The molecule has 7 heteroatoms. The van der Waals surface area contributed by atoms with Gasteiger partial charge in [-0.2, -0.15) is 15.8 Å². The zero-order valence-corrected chi connectivity index (χ0v) is 15.6. The Balaban J connectivity index is 2.34. The Hall–Kier alpha value is -2.66. The number of benzene rings is 1. The van der Waals surface area contributed by atoms with Gasteiger partial charge in [0, 0.05) is 24.9 Å². The number of nitrogens with zero attached hydrogens (tertiary/aromatic N) is 4. The molecule has 2 atom stereocenters. The van der Waals surface area contributed by atoms with Crippen LogP contribution in [0.5, 0.6) is 0 Å². The van der Waals surface area contributed by atoms with Crippen LogP contribution in [0.25, 0.3) is 0 Å². The molecule has 1 aromatic rings. The van der Waals surface area contributed by atoms with Gasteiger partial charge in [0.2, 0.25) is 0 Å². The zero-order valence-electron chi connectivity index (χ0n) is 14.0. The van der Waals surface area contributed by atoms with Crippen molar-refractivity contribution in [3.63, 3.8) is 0 Å². The Labute approximate surface area is 159 Å². The Morgan fingerprint density at radius 1 is 1.31 bits per heavy atom. The van der Waals surface area contributed by atoms with Gasteiger partial charge < -0.3 is 10.6 Å². The highest BCUT2D eigenvalue weighted by atomic mass is 79.9. The second-order valence-corrected chi connectivity index (χ2v) is 7.42. The summed E-state index contributed by atoms with van der Waals surface area (Å²) in [6.07, 6.45) is 1.92. The summed E-state index contributed by atoms with van der Waals surface area (Å²) in [5, 5.41) is 29.5. The van der Waals surface area contributed by atoms with E-state index in [9.17, 15) is 20.2 Å². The maximum absolute atomic E-state index is 13.7. The molecule has 5 nitrogen and oxygen atoms in total. The quantitative estimate of drug-likeness (QED) is 0.765. The van der Waals surface area contributed by atoms with E-state index in [1.165, 1.54) is 6.07 Å². The predicted octanol–water partition coefficient (Wildman–Crippen LogP) is 2.94. The molecule has 0 spiro atoms. The average Bonchev–Trinajstić information content (AvgIpc) is 2.63. The van der Waals surface area contributed by atoms with Crippen molar-refractivity contribution in [3.8, 4) is 18.2 Å². The number of fused-ring (bicyclic) bond motifs is 1. The third-order valence-corrected chi connectivity index (χ3v) is 5.76. The van der Waals surface area contributed by atoms with E-state index in [-0.39, 0.29) is 21.7 Å². The molecular formula is C19H15BrFN5. The Morgan fingerprint density at radius 3 is 2.58 bits per heavy atom. The number of nitriles is 3. The fourth-order valence-electron chi connectivity index (χ4n) is 3.91. The Kier molecular flexibility index (Phi) is 4.59. The molecule has 1 aliphatic heterocycles. The molecule has 0 unspecified atom stereocenters. The minimum atomic E-state index is -1.69. The van der Waals surface area contributed by atoms with Crippen molar-refractivity contribution in [1.29, 1.82) is 15.8 Å². The lowest BCUT2D eigenvalue weighted by Crippen LogP contribution is -2.47. The van der Waals surface area contributed by atoms with Crippen molar-refractivity contribution in [2.24, 2.45) is 17.1 Å². The van der Waals surface area contributed by atoms with Crippen molar-refractivity contribution in [2.45, 2.75) is 5.92 Å². The monoisotopic (exact) mass is 411 g/mol. The summed E-state index contributed by atoms with van der Waals surface area (Å²) >= 11 is 3.17. The predicted molar refractivity (Wildman–Crippen MR) is 96.4 cm³/mol. The third kappa shape index (κ3) is 2.51. The number of likely N-dealkylation sites (N-methyl/N-ethyl adjacent to an activating group) is 1. The molecule has 130 valence electrons. The fourth-order valence-corrected chi connectivity index (χ4v) is 4.30. The van der Waals surface area contributed by atoms with E-state index in [2.05, 4.69) is 39.0 Å². The average molecular weight is 412 g/mol. The van der Waals surface area contributed by atoms with Gasteiger partial charge in [0.05, 0.1) is 27.9 Å². The van der Waals surface area contributed by atoms with Crippen molar-refractivity contribution in [3.05, 3.63) is 57.0 Å². The smallest absolute Gasteiger partial charge is 0.191 e. The van der Waals surface area contributed by atoms with Crippen LogP contribution in [0.3, 0.4) is 0 Å². The van der Waals surface area contributed by atoms with Crippen molar-refractivity contribution in [2.75, 3.05) is 20.1 Å². The van der Waals surface area contributed by atoms with E-state index in [0.717, 1.165) is 5.57 Å². The molecule has 0 fully saturated rings. The highest BCUT2D eigenvalue weighted by molar-refractivity contribution is 9.10. The Bertz CT molecular complexity index is 946. The molecule has 26 heavy (non-hydrogen) atoms. The van der Waals surface area contributed by atoms with Gasteiger partial charge in [-0.15, -0.1) is 0 Å². The van der Waals surface area contributed by atoms with Crippen LogP contribution in [0.15, 0.2) is 45.6 Å². The SMILES string of the molecule is CN1CC=C2C(C#N)=C(N)C(C#N)(C#N)[C@H](c3ccc(F)c(Br)c3)[C@@H]2C1. The normalized spacial score (nSPS) is 24.7. The van der Waals surface area contributed by atoms with E-state index < -0.39 is 17.2 Å². The van der Waals surface area contributed by atoms with Crippen LogP contribution in [0.1, 0.15) is 11.5 Å². The van der Waals surface area contributed by atoms with Crippen LogP contribution in [0.2, 0.25) is 0 Å². The summed E-state index contributed by atoms with van der Waals surface area (Å²) < 4.78 is 14.0. The molecule has 3 rings (SSSR count). The third-order valence-electron chi connectivity index (χ3n) is 5.15. The molecule has 0 radical (unpaired) electrons. The second kappa shape index (κ2) is 6.57. The summed E-state index contributed by atoms with van der Waals surface area (Å²) in [6, 6.07) is 10.7. The van der Waals surface area contributed by atoms with Gasteiger partial charge in [-0.05, 0) is 46.2 Å². The van der Waals surface area contributed by atoms with Gasteiger partial charge in [0.1, 0.15) is 11.9 Å². The lowest BCUT2D eigenvalue weighted by atomic mass is 9.58. The Morgan fingerprint density at radius 2 is 2.00 bits per heavy atom. The number of allylic oxidation sites excluding steroid dienone is 2. The first-order chi connectivity index (χ1) is 12.4. The highest BCUT2D eigenvalue weighted by Crippen LogP contribution is 2.54. The van der Waals surface area contributed by atoms with Gasteiger partial charge >= 0.3 is 0 Å². The van der Waals surface area contributed by atoms with Gasteiger partial charge in [-0.3, -0.25) is 0 Å². The summed E-state index contributed by atoms with van der Waals surface area (Å²) in [7, 11) is 1.93. The standard InChI is InChI=1S/C19H15BrFN5/c1-26-5-4-12-13(7-22)18(25)19(9-23,10-24)17(14(12)8-26)11-2-3-16(21)15(20)6-11/h2-4,6,14,17H,5,8,25H2,1H3/t14-,17-/m1/s1. The van der Waals surface area contributed by atoms with Crippen LogP contribution in [-0.2, 0) is 0 Å². The van der Waals surface area contributed by atoms with Crippen LogP contribution in [-0.4, -0.2) is 25.0 Å². The lowest BCUT2D eigenvalue weighted by Gasteiger charge is -2.45. The first-order valence-electron chi connectivity index (χ1n) is 7.96. The van der Waals surface area contributed by atoms with Crippen LogP contribution in [0, 0.1) is 51.1 Å². The van der Waals surface area contributed by atoms with Gasteiger partial charge in [-0.1, -0.05) is 12.1 Å². The molecule has 0 bridgehead atoms. The summed E-state index contributed by atoms with van der Waals surface area (Å²) in [4.78, 5) is 2.05. The minimum absolute atomic E-state index is 0.0255. The topological polar surface area (TPSA) is 101 Å². The molecule has 1 aliphatic carbocycles. The zero-order chi connectivity index (χ0) is 19.1. The maximum Gasteiger partial charge on any atom is 0.191 e. The number of rotatable bonds is 1. The lowest BCUT2D eigenvalue weighted by molar-refractivity contribution is 0.237. The molecule has 0 aromatic heterocycles. The van der Waals surface area contributed by atoms with Gasteiger partial charge in [0.25, 0.3) is 0 Å². The van der Waals surface area contributed by atoms with Crippen molar-refractivity contribution in [1.82, 2.24) is 4.90 Å². The van der Waals surface area contributed by atoms with E-state index in [1.54, 1.807) is 12.1 Å². The van der Waals surface area contributed by atoms with Crippen LogP contribution in [0.4, 0.5) is 4.39 Å². The first kappa shape index (κ1) is 18.1. The molecule has 1 heterocycles. The summed E-state index contributed by atoms with van der Waals surface area (Å²) in [6.45, 7) is 1.21. The summed E-state index contributed by atoms with van der Waals surface area (Å²) in [5.41, 5.74) is 6.08. The number of hydrogen-bond donors (Lipinski definition) is 1. The molecular weight excluding hydrogens is 397 g/mol. The van der Waals surface area contributed by atoms with E-state index in [1.807, 2.05) is 13.1 Å². The molecule has 0 saturated carbocycles. The van der Waals surface area contributed by atoms with E-state index in [0.29, 0.717) is 18.7 Å². The number of hydrogen-bond acceptors (Lipinski definition) is 5. The molecule has 2 aliphatic rings. The van der Waals surface area contributed by atoms with Gasteiger partial charge in [-0.25, -0.2) is 4.39 Å². The molecule has 2 N–H and O–H groups in total. The van der Waals surface area contributed by atoms with E-state index >= 15 is 0 Å². The van der Waals surface area contributed by atoms with Crippen LogP contribution >= 0.6 is 15.9 Å². The number of halogens is 2. The first-order valence-corrected chi connectivity index (χ1v) is 8.75. The highest BCUT2D eigenvalue weighted by Gasteiger charge is 2.54. The number of nitrogens with two attached hydrogens (primary N) is 1. The molecule has 0 amide bonds.